The monoisotopic (exact) mass is 379 g/mol. The molecule has 0 atom stereocenters. The average molecular weight is 379 g/mol. The highest BCUT2D eigenvalue weighted by Gasteiger charge is 2.28. The van der Waals surface area contributed by atoms with Crippen molar-refractivity contribution in [3.05, 3.63) is 53.6 Å². The minimum Gasteiger partial charge on any atom is -0.340 e. The van der Waals surface area contributed by atoms with Crippen molar-refractivity contribution in [1.82, 2.24) is 4.57 Å². The van der Waals surface area contributed by atoms with Crippen LogP contribution in [0.4, 0.5) is 5.69 Å². The number of nitrogens with zero attached hydrogens (tertiary/aromatic N) is 3. The molecule has 0 saturated carbocycles. The smallest absolute Gasteiger partial charge is 0.235 e. The number of hydrogen-bond acceptors (Lipinski definition) is 3. The summed E-state index contributed by atoms with van der Waals surface area (Å²) >= 11 is 0. The van der Waals surface area contributed by atoms with Crippen LogP contribution in [-0.2, 0) is 16.6 Å². The van der Waals surface area contributed by atoms with Gasteiger partial charge in [0, 0.05) is 18.5 Å². The van der Waals surface area contributed by atoms with Crippen molar-refractivity contribution in [3.63, 3.8) is 0 Å². The van der Waals surface area contributed by atoms with Gasteiger partial charge in [0.1, 0.15) is 6.07 Å². The quantitative estimate of drug-likeness (QED) is 0.689. The molecule has 3 aromatic rings. The molecule has 0 spiro atoms. The minimum atomic E-state index is -3.19. The van der Waals surface area contributed by atoms with Crippen molar-refractivity contribution in [2.75, 3.05) is 16.6 Å². The summed E-state index contributed by atoms with van der Waals surface area (Å²) in [4.78, 5) is 0. The van der Waals surface area contributed by atoms with E-state index in [-0.39, 0.29) is 5.75 Å². The maximum atomic E-state index is 12.1. The van der Waals surface area contributed by atoms with Crippen molar-refractivity contribution >= 4 is 26.6 Å². The van der Waals surface area contributed by atoms with Crippen molar-refractivity contribution in [1.29, 1.82) is 5.26 Å². The summed E-state index contributed by atoms with van der Waals surface area (Å²) in [6.45, 7) is 5.39. The fourth-order valence-electron chi connectivity index (χ4n) is 3.92. The van der Waals surface area contributed by atoms with Crippen LogP contribution in [-0.4, -0.2) is 25.3 Å². The topological polar surface area (TPSA) is 66.1 Å². The third kappa shape index (κ3) is 2.79. The summed E-state index contributed by atoms with van der Waals surface area (Å²) in [6.07, 6.45) is 0.659. The zero-order valence-corrected chi connectivity index (χ0v) is 16.3. The fourth-order valence-corrected chi connectivity index (χ4v) is 5.48. The Morgan fingerprint density at radius 1 is 1.15 bits per heavy atom. The molecule has 0 N–H and O–H groups in total. The molecule has 2 heterocycles. The second-order valence-electron chi connectivity index (χ2n) is 6.89. The van der Waals surface area contributed by atoms with Gasteiger partial charge in [-0.25, -0.2) is 8.42 Å². The minimum absolute atomic E-state index is 0.205. The van der Waals surface area contributed by atoms with E-state index in [0.29, 0.717) is 24.2 Å². The number of benzene rings is 2. The molecule has 4 rings (SSSR count). The molecule has 1 aromatic heterocycles. The predicted molar refractivity (Wildman–Crippen MR) is 108 cm³/mol. The van der Waals surface area contributed by atoms with Crippen molar-refractivity contribution in [2.45, 2.75) is 26.8 Å². The molecular weight excluding hydrogens is 358 g/mol. The van der Waals surface area contributed by atoms with E-state index in [1.54, 1.807) is 0 Å². The van der Waals surface area contributed by atoms with Gasteiger partial charge in [-0.15, -0.1) is 0 Å². The largest absolute Gasteiger partial charge is 0.340 e. The Morgan fingerprint density at radius 2 is 1.89 bits per heavy atom. The van der Waals surface area contributed by atoms with Gasteiger partial charge in [-0.05, 0) is 49.6 Å². The van der Waals surface area contributed by atoms with Gasteiger partial charge in [0.2, 0.25) is 10.0 Å². The summed E-state index contributed by atoms with van der Waals surface area (Å²) in [6, 6.07) is 16.0. The first kappa shape index (κ1) is 17.6. The van der Waals surface area contributed by atoms with E-state index in [4.69, 9.17) is 0 Å². The second kappa shape index (κ2) is 6.43. The van der Waals surface area contributed by atoms with Gasteiger partial charge in [-0.3, -0.25) is 4.31 Å². The first-order valence-corrected chi connectivity index (χ1v) is 10.7. The molecule has 1 fully saturated rings. The number of hydrogen-bond donors (Lipinski definition) is 0. The lowest BCUT2D eigenvalue weighted by molar-refractivity contribution is 0.599. The number of sulfonamides is 1. The molecule has 2 aromatic carbocycles. The fraction of sp³-hybridized carbons (Fsp3) is 0.286. The van der Waals surface area contributed by atoms with Crippen LogP contribution in [0.5, 0.6) is 0 Å². The van der Waals surface area contributed by atoms with Crippen LogP contribution in [0.25, 0.3) is 22.2 Å². The first-order valence-electron chi connectivity index (χ1n) is 9.10. The van der Waals surface area contributed by atoms with Crippen LogP contribution in [0.15, 0.2) is 42.5 Å². The zero-order chi connectivity index (χ0) is 19.2. The number of anilines is 1. The average Bonchev–Trinajstić information content (AvgIpc) is 3.17. The molecule has 1 aliphatic heterocycles. The summed E-state index contributed by atoms with van der Waals surface area (Å²) in [7, 11) is -3.19. The van der Waals surface area contributed by atoms with E-state index < -0.39 is 10.0 Å². The zero-order valence-electron chi connectivity index (χ0n) is 15.4. The Hall–Kier alpha value is -2.78. The first-order chi connectivity index (χ1) is 13.0. The van der Waals surface area contributed by atoms with Crippen LogP contribution in [0.3, 0.4) is 0 Å². The molecule has 27 heavy (non-hydrogen) atoms. The number of fused-ring (bicyclic) bond motifs is 1. The maximum absolute atomic E-state index is 12.1. The lowest BCUT2D eigenvalue weighted by Gasteiger charge is -2.17. The van der Waals surface area contributed by atoms with Crippen molar-refractivity contribution in [2.24, 2.45) is 0 Å². The molecule has 0 radical (unpaired) electrons. The Kier molecular flexibility index (Phi) is 4.20. The lowest BCUT2D eigenvalue weighted by atomic mass is 10.1. The molecule has 0 unspecified atom stereocenters. The highest BCUT2D eigenvalue weighted by atomic mass is 32.2. The number of rotatable bonds is 3. The molecule has 0 bridgehead atoms. The highest BCUT2D eigenvalue weighted by molar-refractivity contribution is 7.93. The Morgan fingerprint density at radius 3 is 2.48 bits per heavy atom. The SMILES string of the molecule is CCn1c(-c2ccc(N3CCCS3(=O)=O)cc2)c(C#N)c2ccc(C)cc21. The number of nitriles is 1. The van der Waals surface area contributed by atoms with E-state index in [0.717, 1.165) is 34.3 Å². The summed E-state index contributed by atoms with van der Waals surface area (Å²) < 4.78 is 27.9. The van der Waals surface area contributed by atoms with E-state index >= 15 is 0 Å². The van der Waals surface area contributed by atoms with Gasteiger partial charge >= 0.3 is 0 Å². The van der Waals surface area contributed by atoms with Crippen LogP contribution < -0.4 is 4.31 Å². The van der Waals surface area contributed by atoms with E-state index in [1.165, 1.54) is 4.31 Å². The van der Waals surface area contributed by atoms with Gasteiger partial charge in [0.25, 0.3) is 0 Å². The lowest BCUT2D eigenvalue weighted by Crippen LogP contribution is -2.24. The van der Waals surface area contributed by atoms with Gasteiger partial charge < -0.3 is 4.57 Å². The third-order valence-corrected chi connectivity index (χ3v) is 7.05. The van der Waals surface area contributed by atoms with Gasteiger partial charge in [0.05, 0.1) is 28.2 Å². The van der Waals surface area contributed by atoms with Crippen LogP contribution in [0.2, 0.25) is 0 Å². The highest BCUT2D eigenvalue weighted by Crippen LogP contribution is 2.35. The van der Waals surface area contributed by atoms with Crippen LogP contribution in [0, 0.1) is 18.3 Å². The number of aromatic nitrogens is 1. The van der Waals surface area contributed by atoms with Gasteiger partial charge in [-0.1, -0.05) is 24.3 Å². The summed E-state index contributed by atoms with van der Waals surface area (Å²) in [5, 5.41) is 10.8. The van der Waals surface area contributed by atoms with E-state index in [9.17, 15) is 13.7 Å². The van der Waals surface area contributed by atoms with Gasteiger partial charge in [0.15, 0.2) is 0 Å². The van der Waals surface area contributed by atoms with E-state index in [1.807, 2.05) is 43.3 Å². The Labute approximate surface area is 159 Å². The number of aryl methyl sites for hydroxylation is 2. The molecule has 0 aliphatic carbocycles. The second-order valence-corrected chi connectivity index (χ2v) is 8.90. The maximum Gasteiger partial charge on any atom is 0.235 e. The van der Waals surface area contributed by atoms with Crippen LogP contribution in [0.1, 0.15) is 24.5 Å². The van der Waals surface area contributed by atoms with Gasteiger partial charge in [-0.2, -0.15) is 5.26 Å². The standard InChI is InChI=1S/C21H21N3O2S/c1-3-23-20-13-15(2)5-10-18(20)19(14-22)21(23)16-6-8-17(9-7-16)24-11-4-12-27(24,25)26/h5-10,13H,3-4,11-12H2,1-2H3. The van der Waals surface area contributed by atoms with Crippen molar-refractivity contribution < 1.29 is 8.42 Å². The molecule has 138 valence electrons. The molecule has 6 heteroatoms. The van der Waals surface area contributed by atoms with E-state index in [2.05, 4.69) is 23.6 Å². The summed E-state index contributed by atoms with van der Waals surface area (Å²) in [5.74, 6) is 0.205. The molecule has 1 saturated heterocycles. The third-order valence-electron chi connectivity index (χ3n) is 5.18. The molecular formula is C21H21N3O2S. The molecule has 1 aliphatic rings. The molecule has 5 nitrogen and oxygen atoms in total. The predicted octanol–water partition coefficient (Wildman–Crippen LogP) is 4.05. The Balaban J connectivity index is 1.87. The normalized spacial score (nSPS) is 16.0. The van der Waals surface area contributed by atoms with Crippen molar-refractivity contribution in [3.8, 4) is 17.3 Å². The molecule has 0 amide bonds. The summed E-state index contributed by atoms with van der Waals surface area (Å²) in [5.41, 5.74) is 5.35. The van der Waals surface area contributed by atoms with Crippen LogP contribution >= 0.6 is 0 Å². The Bertz CT molecular complexity index is 1170.